The average Bonchev–Trinajstić information content (AvgIpc) is 3.26. The van der Waals surface area contributed by atoms with E-state index in [2.05, 4.69) is 12.2 Å². The lowest BCUT2D eigenvalue weighted by molar-refractivity contribution is -0.118. The third-order valence-corrected chi connectivity index (χ3v) is 7.30. The number of hydrogen-bond donors (Lipinski definition) is 1. The van der Waals surface area contributed by atoms with Gasteiger partial charge in [-0.3, -0.25) is 4.79 Å². The van der Waals surface area contributed by atoms with Crippen LogP contribution in [0.15, 0.2) is 48.5 Å². The zero-order valence-electron chi connectivity index (χ0n) is 19.4. The number of methoxy groups -OCH3 is 1. The van der Waals surface area contributed by atoms with Gasteiger partial charge in [0.15, 0.2) is 12.4 Å². The lowest BCUT2D eigenvalue weighted by atomic mass is 9.97. The second-order valence-corrected chi connectivity index (χ2v) is 9.44. The number of nitrogens with zero attached hydrogens (tertiary/aromatic N) is 2. The van der Waals surface area contributed by atoms with Gasteiger partial charge in [-0.05, 0) is 79.6 Å². The lowest BCUT2D eigenvalue weighted by Crippen LogP contribution is -2.20. The summed E-state index contributed by atoms with van der Waals surface area (Å²) < 4.78 is 11.3. The first-order valence-electron chi connectivity index (χ1n) is 11.6. The normalized spacial score (nSPS) is 12.9. The number of aromatic nitrogens is 2. The van der Waals surface area contributed by atoms with Gasteiger partial charge in [0, 0.05) is 16.1 Å². The first kappa shape index (κ1) is 22.3. The van der Waals surface area contributed by atoms with Crippen LogP contribution in [0.2, 0.25) is 0 Å². The van der Waals surface area contributed by atoms with Crippen molar-refractivity contribution in [2.45, 2.75) is 39.0 Å². The highest BCUT2D eigenvalue weighted by molar-refractivity contribution is 7.18. The topological polar surface area (TPSA) is 73.3 Å². The summed E-state index contributed by atoms with van der Waals surface area (Å²) in [6.45, 7) is 1.99. The number of aryl methyl sites for hydroxylation is 3. The molecular weight excluding hydrogens is 446 g/mol. The highest BCUT2D eigenvalue weighted by Crippen LogP contribution is 2.40. The van der Waals surface area contributed by atoms with E-state index in [1.165, 1.54) is 22.4 Å². The fourth-order valence-corrected chi connectivity index (χ4v) is 5.50. The number of amides is 1. The second kappa shape index (κ2) is 9.81. The molecule has 4 aromatic rings. The predicted octanol–water partition coefficient (Wildman–Crippen LogP) is 5.83. The third kappa shape index (κ3) is 4.61. The fourth-order valence-electron chi connectivity index (χ4n) is 4.25. The van der Waals surface area contributed by atoms with Gasteiger partial charge in [0.2, 0.25) is 5.88 Å². The van der Waals surface area contributed by atoms with Gasteiger partial charge in [0.25, 0.3) is 5.91 Å². The van der Waals surface area contributed by atoms with E-state index < -0.39 is 0 Å². The van der Waals surface area contributed by atoms with Crippen LogP contribution in [0.5, 0.6) is 11.6 Å². The van der Waals surface area contributed by atoms with Crippen molar-refractivity contribution in [1.29, 1.82) is 0 Å². The number of anilines is 1. The summed E-state index contributed by atoms with van der Waals surface area (Å²) in [5.41, 5.74) is 4.13. The molecule has 1 amide bonds. The molecule has 0 atom stereocenters. The Bertz CT molecular complexity index is 1310. The Labute approximate surface area is 203 Å². The summed E-state index contributed by atoms with van der Waals surface area (Å²) in [5, 5.41) is 3.86. The molecule has 0 unspecified atom stereocenters. The van der Waals surface area contributed by atoms with Crippen LogP contribution in [0, 0.1) is 0 Å². The molecule has 0 saturated heterocycles. The molecule has 2 aromatic heterocycles. The Hall–Kier alpha value is -3.45. The highest BCUT2D eigenvalue weighted by Gasteiger charge is 2.23. The molecule has 0 spiro atoms. The molecule has 0 aliphatic heterocycles. The van der Waals surface area contributed by atoms with Crippen molar-refractivity contribution >= 4 is 33.1 Å². The van der Waals surface area contributed by atoms with E-state index in [9.17, 15) is 4.79 Å². The first-order chi connectivity index (χ1) is 16.6. The molecule has 34 heavy (non-hydrogen) atoms. The molecule has 2 heterocycles. The van der Waals surface area contributed by atoms with Gasteiger partial charge in [-0.15, -0.1) is 11.3 Å². The molecule has 0 saturated carbocycles. The van der Waals surface area contributed by atoms with Crippen molar-refractivity contribution in [2.75, 3.05) is 19.0 Å². The van der Waals surface area contributed by atoms with E-state index in [1.807, 2.05) is 48.5 Å². The largest absolute Gasteiger partial charge is 0.497 e. The number of benzene rings is 2. The maximum absolute atomic E-state index is 12.6. The number of ether oxygens (including phenoxy) is 2. The molecule has 174 valence electrons. The van der Waals surface area contributed by atoms with E-state index in [0.717, 1.165) is 52.9 Å². The van der Waals surface area contributed by atoms with Crippen LogP contribution in [-0.2, 0) is 24.1 Å². The predicted molar refractivity (Wildman–Crippen MR) is 136 cm³/mol. The molecule has 5 rings (SSSR count). The Morgan fingerprint density at radius 2 is 1.79 bits per heavy atom. The molecule has 2 aromatic carbocycles. The monoisotopic (exact) mass is 473 g/mol. The summed E-state index contributed by atoms with van der Waals surface area (Å²) in [5.74, 6) is 1.62. The van der Waals surface area contributed by atoms with Crippen LogP contribution in [0.25, 0.3) is 21.6 Å². The van der Waals surface area contributed by atoms with Crippen LogP contribution in [0.1, 0.15) is 35.8 Å². The Kier molecular flexibility index (Phi) is 6.45. The summed E-state index contributed by atoms with van der Waals surface area (Å²) in [7, 11) is 1.64. The van der Waals surface area contributed by atoms with E-state index in [4.69, 9.17) is 19.4 Å². The van der Waals surface area contributed by atoms with Crippen LogP contribution in [-0.4, -0.2) is 29.6 Å². The van der Waals surface area contributed by atoms with Crippen LogP contribution in [0.4, 0.5) is 5.69 Å². The van der Waals surface area contributed by atoms with Crippen molar-refractivity contribution in [3.8, 4) is 23.0 Å². The van der Waals surface area contributed by atoms with Gasteiger partial charge < -0.3 is 14.8 Å². The minimum atomic E-state index is -0.217. The van der Waals surface area contributed by atoms with E-state index in [0.29, 0.717) is 11.7 Å². The minimum Gasteiger partial charge on any atom is -0.497 e. The van der Waals surface area contributed by atoms with Crippen molar-refractivity contribution in [3.05, 3.63) is 64.5 Å². The summed E-state index contributed by atoms with van der Waals surface area (Å²) in [6, 6.07) is 15.5. The van der Waals surface area contributed by atoms with Crippen molar-refractivity contribution in [3.63, 3.8) is 0 Å². The second-order valence-electron chi connectivity index (χ2n) is 8.36. The number of thiophene rings is 1. The average molecular weight is 474 g/mol. The fraction of sp³-hybridized carbons (Fsp3) is 0.296. The van der Waals surface area contributed by atoms with E-state index in [-0.39, 0.29) is 12.5 Å². The van der Waals surface area contributed by atoms with Gasteiger partial charge in [-0.1, -0.05) is 19.1 Å². The zero-order valence-corrected chi connectivity index (χ0v) is 20.2. The van der Waals surface area contributed by atoms with E-state index in [1.54, 1.807) is 18.4 Å². The lowest BCUT2D eigenvalue weighted by Gasteiger charge is -2.13. The van der Waals surface area contributed by atoms with Crippen molar-refractivity contribution in [1.82, 2.24) is 9.97 Å². The first-order valence-corrected chi connectivity index (χ1v) is 12.4. The zero-order chi connectivity index (χ0) is 23.5. The number of rotatable bonds is 7. The number of carbonyl (C=O) groups is 1. The van der Waals surface area contributed by atoms with Crippen LogP contribution < -0.4 is 14.8 Å². The van der Waals surface area contributed by atoms with Crippen LogP contribution in [0.3, 0.4) is 0 Å². The summed E-state index contributed by atoms with van der Waals surface area (Å²) in [4.78, 5) is 24.5. The van der Waals surface area contributed by atoms with Gasteiger partial charge in [-0.25, -0.2) is 4.98 Å². The number of nitrogens with one attached hydrogen (secondary N) is 1. The van der Waals surface area contributed by atoms with Crippen LogP contribution >= 0.6 is 11.3 Å². The molecule has 6 nitrogen and oxygen atoms in total. The Morgan fingerprint density at radius 1 is 1.03 bits per heavy atom. The maximum Gasteiger partial charge on any atom is 0.262 e. The van der Waals surface area contributed by atoms with E-state index >= 15 is 0 Å². The highest BCUT2D eigenvalue weighted by atomic mass is 32.1. The van der Waals surface area contributed by atoms with Crippen molar-refractivity contribution < 1.29 is 14.3 Å². The molecule has 0 radical (unpaired) electrons. The van der Waals surface area contributed by atoms with Gasteiger partial charge in [0.1, 0.15) is 10.6 Å². The van der Waals surface area contributed by atoms with Gasteiger partial charge in [0.05, 0.1) is 12.5 Å². The number of carbonyl (C=O) groups excluding carboxylic acids is 1. The van der Waals surface area contributed by atoms with Gasteiger partial charge in [-0.2, -0.15) is 4.98 Å². The molecule has 1 aliphatic carbocycles. The Balaban J connectivity index is 1.43. The summed E-state index contributed by atoms with van der Waals surface area (Å²) >= 11 is 1.71. The smallest absolute Gasteiger partial charge is 0.262 e. The molecule has 1 N–H and O–H groups in total. The SMILES string of the molecule is CCc1ccc(NC(=O)COc2nc(-c3ccc(OC)cc3)nc3sc4c(c23)CCCC4)cc1. The number of hydrogen-bond acceptors (Lipinski definition) is 6. The van der Waals surface area contributed by atoms with Gasteiger partial charge >= 0.3 is 0 Å². The molecule has 7 heteroatoms. The van der Waals surface area contributed by atoms with Crippen molar-refractivity contribution in [2.24, 2.45) is 0 Å². The summed E-state index contributed by atoms with van der Waals surface area (Å²) in [6.07, 6.45) is 5.35. The molecule has 1 aliphatic rings. The Morgan fingerprint density at radius 3 is 2.53 bits per heavy atom. The third-order valence-electron chi connectivity index (χ3n) is 6.12. The quantitative estimate of drug-likeness (QED) is 0.366. The standard InChI is InChI=1S/C27H27N3O3S/c1-3-17-8-12-19(13-9-17)28-23(31)16-33-26-24-21-6-4-5-7-22(21)34-27(24)30-25(29-26)18-10-14-20(32-2)15-11-18/h8-15H,3-7,16H2,1-2H3,(H,28,31). The maximum atomic E-state index is 12.6. The molecule has 0 fully saturated rings. The molecular formula is C27H27N3O3S. The molecule has 0 bridgehead atoms. The number of fused-ring (bicyclic) bond motifs is 3. The minimum absolute atomic E-state index is 0.117.